The topological polar surface area (TPSA) is 71.9 Å². The fraction of sp³-hybridized carbons (Fsp3) is 0.320. The van der Waals surface area contributed by atoms with Crippen LogP contribution in [-0.4, -0.2) is 59.4 Å². The molecule has 164 valence electrons. The van der Waals surface area contributed by atoms with Crippen LogP contribution in [0.3, 0.4) is 0 Å². The Bertz CT molecular complexity index is 1210. The fourth-order valence-electron chi connectivity index (χ4n) is 4.75. The summed E-state index contributed by atoms with van der Waals surface area (Å²) in [5, 5.41) is 0.682. The molecule has 1 fully saturated rings. The number of Topliss-reactive ketones (excluding diaryl/α,β-unsaturated/α-hetero) is 1. The van der Waals surface area contributed by atoms with E-state index in [4.69, 9.17) is 4.74 Å². The molecular weight excluding hydrogens is 406 g/mol. The number of nitrogens with zero attached hydrogens (tertiary/aromatic N) is 3. The molecule has 0 aliphatic carbocycles. The molecule has 2 aliphatic heterocycles. The lowest BCUT2D eigenvalue weighted by Gasteiger charge is -2.26. The van der Waals surface area contributed by atoms with E-state index in [1.54, 1.807) is 10.8 Å². The van der Waals surface area contributed by atoms with E-state index in [0.29, 0.717) is 37.3 Å². The average Bonchev–Trinajstić information content (AvgIpc) is 3.35. The Hall–Kier alpha value is -3.45. The molecule has 7 nitrogen and oxygen atoms in total. The van der Waals surface area contributed by atoms with Crippen LogP contribution in [-0.2, 0) is 27.3 Å². The number of hydrogen-bond acceptors (Lipinski definition) is 4. The largest absolute Gasteiger partial charge is 0.378 e. The molecule has 0 saturated carbocycles. The number of carbonyl (C=O) groups is 3. The van der Waals surface area contributed by atoms with Gasteiger partial charge >= 0.3 is 0 Å². The van der Waals surface area contributed by atoms with E-state index in [9.17, 15) is 14.4 Å². The van der Waals surface area contributed by atoms with Gasteiger partial charge in [-0.25, -0.2) is 0 Å². The molecule has 5 rings (SSSR count). The molecule has 2 aliphatic rings. The molecule has 2 aromatic carbocycles. The first-order valence-corrected chi connectivity index (χ1v) is 10.9. The van der Waals surface area contributed by atoms with Crippen molar-refractivity contribution >= 4 is 34.2 Å². The highest BCUT2D eigenvalue weighted by Gasteiger charge is 2.32. The van der Waals surface area contributed by atoms with E-state index >= 15 is 0 Å². The first-order chi connectivity index (χ1) is 15.5. The quantitative estimate of drug-likeness (QED) is 0.470. The van der Waals surface area contributed by atoms with Crippen LogP contribution in [0.2, 0.25) is 0 Å². The number of hydrogen-bond donors (Lipinski definition) is 0. The smallest absolute Gasteiger partial charge is 0.295 e. The monoisotopic (exact) mass is 431 g/mol. The lowest BCUT2D eigenvalue weighted by atomic mass is 10.1. The molecule has 0 spiro atoms. The molecule has 3 aromatic rings. The van der Waals surface area contributed by atoms with Crippen LogP contribution in [0.1, 0.15) is 22.8 Å². The number of amides is 2. The van der Waals surface area contributed by atoms with Crippen molar-refractivity contribution in [3.63, 3.8) is 0 Å². The van der Waals surface area contributed by atoms with Crippen molar-refractivity contribution in [3.05, 3.63) is 65.9 Å². The number of morpholine rings is 1. The van der Waals surface area contributed by atoms with Gasteiger partial charge < -0.3 is 19.1 Å². The molecule has 0 radical (unpaired) electrons. The van der Waals surface area contributed by atoms with Gasteiger partial charge in [0.15, 0.2) is 0 Å². The number of ether oxygens (including phenoxy) is 1. The van der Waals surface area contributed by atoms with Gasteiger partial charge in [0, 0.05) is 41.9 Å². The van der Waals surface area contributed by atoms with Gasteiger partial charge in [-0.3, -0.25) is 14.4 Å². The summed E-state index contributed by atoms with van der Waals surface area (Å²) in [6, 6.07) is 15.4. The standard InChI is InChI=1S/C25H25N3O4/c1-17-14-18-6-2-4-8-21(18)28(17)23(29)16-27-15-20(19-7-3-5-9-22(19)27)24(30)25(31)26-10-12-32-13-11-26/h2-9,15,17H,10-14,16H2,1H3/t17-/m1/s1. The Kier molecular flexibility index (Phi) is 5.27. The first-order valence-electron chi connectivity index (χ1n) is 10.9. The summed E-state index contributed by atoms with van der Waals surface area (Å²) in [5.41, 5.74) is 3.21. The molecule has 3 heterocycles. The zero-order chi connectivity index (χ0) is 22.2. The van der Waals surface area contributed by atoms with E-state index in [1.807, 2.05) is 54.3 Å². The van der Waals surface area contributed by atoms with E-state index in [2.05, 4.69) is 6.07 Å². The van der Waals surface area contributed by atoms with Crippen LogP contribution in [0.15, 0.2) is 54.7 Å². The van der Waals surface area contributed by atoms with Crippen LogP contribution in [0, 0.1) is 0 Å². The van der Waals surface area contributed by atoms with Gasteiger partial charge in [0.25, 0.3) is 11.7 Å². The fourth-order valence-corrected chi connectivity index (χ4v) is 4.75. The molecule has 1 atom stereocenters. The Balaban J connectivity index is 1.45. The molecule has 2 amide bonds. The third-order valence-corrected chi connectivity index (χ3v) is 6.31. The van der Waals surface area contributed by atoms with Gasteiger partial charge in [-0.05, 0) is 31.0 Å². The number of benzene rings is 2. The highest BCUT2D eigenvalue weighted by molar-refractivity contribution is 6.44. The SMILES string of the molecule is C[C@@H]1Cc2ccccc2N1C(=O)Cn1cc(C(=O)C(=O)N2CCOCC2)c2ccccc21. The van der Waals surface area contributed by atoms with Crippen LogP contribution in [0.5, 0.6) is 0 Å². The summed E-state index contributed by atoms with van der Waals surface area (Å²) in [5.74, 6) is -1.11. The van der Waals surface area contributed by atoms with Crippen LogP contribution < -0.4 is 4.90 Å². The maximum Gasteiger partial charge on any atom is 0.295 e. The molecule has 0 N–H and O–H groups in total. The summed E-state index contributed by atoms with van der Waals surface area (Å²) in [6.07, 6.45) is 2.47. The maximum absolute atomic E-state index is 13.3. The number of carbonyl (C=O) groups excluding carboxylic acids is 3. The number of fused-ring (bicyclic) bond motifs is 2. The average molecular weight is 431 g/mol. The van der Waals surface area contributed by atoms with Crippen LogP contribution >= 0.6 is 0 Å². The second-order valence-electron chi connectivity index (χ2n) is 8.37. The molecule has 0 bridgehead atoms. The van der Waals surface area contributed by atoms with Crippen molar-refractivity contribution in [1.29, 1.82) is 0 Å². The Morgan fingerprint density at radius 3 is 2.53 bits per heavy atom. The predicted octanol–water partition coefficient (Wildman–Crippen LogP) is 2.66. The highest BCUT2D eigenvalue weighted by atomic mass is 16.5. The zero-order valence-corrected chi connectivity index (χ0v) is 18.0. The molecule has 7 heteroatoms. The van der Waals surface area contributed by atoms with E-state index in [1.165, 1.54) is 4.90 Å². The molecule has 0 unspecified atom stereocenters. The van der Waals surface area contributed by atoms with Crippen LogP contribution in [0.25, 0.3) is 10.9 Å². The molecule has 32 heavy (non-hydrogen) atoms. The second kappa shape index (κ2) is 8.24. The summed E-state index contributed by atoms with van der Waals surface area (Å²) < 4.78 is 7.07. The van der Waals surface area contributed by atoms with Crippen molar-refractivity contribution in [2.75, 3.05) is 31.2 Å². The van der Waals surface area contributed by atoms with Crippen molar-refractivity contribution in [2.24, 2.45) is 0 Å². The summed E-state index contributed by atoms with van der Waals surface area (Å²) >= 11 is 0. The summed E-state index contributed by atoms with van der Waals surface area (Å²) in [6.45, 7) is 3.83. The predicted molar refractivity (Wildman–Crippen MR) is 121 cm³/mol. The van der Waals surface area contributed by atoms with E-state index < -0.39 is 11.7 Å². The van der Waals surface area contributed by atoms with E-state index in [0.717, 1.165) is 23.2 Å². The zero-order valence-electron chi connectivity index (χ0n) is 18.0. The van der Waals surface area contributed by atoms with Crippen molar-refractivity contribution in [3.8, 4) is 0 Å². The third kappa shape index (κ3) is 3.48. The Morgan fingerprint density at radius 2 is 1.72 bits per heavy atom. The summed E-state index contributed by atoms with van der Waals surface area (Å²) in [7, 11) is 0. The van der Waals surface area contributed by atoms with E-state index in [-0.39, 0.29) is 18.5 Å². The van der Waals surface area contributed by atoms with Crippen molar-refractivity contribution < 1.29 is 19.1 Å². The lowest BCUT2D eigenvalue weighted by molar-refractivity contribution is -0.130. The van der Waals surface area contributed by atoms with Gasteiger partial charge in [0.05, 0.1) is 18.8 Å². The normalized spacial score (nSPS) is 18.1. The van der Waals surface area contributed by atoms with Gasteiger partial charge in [0.2, 0.25) is 5.91 Å². The minimum atomic E-state index is -0.547. The molecule has 1 saturated heterocycles. The number of ketones is 1. The maximum atomic E-state index is 13.3. The lowest BCUT2D eigenvalue weighted by Crippen LogP contribution is -2.44. The number of aromatic nitrogens is 1. The first kappa shape index (κ1) is 20.5. The molecular formula is C25H25N3O4. The number of rotatable bonds is 4. The van der Waals surface area contributed by atoms with Gasteiger partial charge in [0.1, 0.15) is 6.54 Å². The molecule has 1 aromatic heterocycles. The number of anilines is 1. The third-order valence-electron chi connectivity index (χ3n) is 6.31. The van der Waals surface area contributed by atoms with Crippen molar-refractivity contribution in [2.45, 2.75) is 25.9 Å². The minimum absolute atomic E-state index is 0.0401. The Labute approximate surface area is 186 Å². The minimum Gasteiger partial charge on any atom is -0.378 e. The number of para-hydroxylation sites is 2. The second-order valence-corrected chi connectivity index (χ2v) is 8.37. The van der Waals surface area contributed by atoms with Crippen molar-refractivity contribution in [1.82, 2.24) is 9.47 Å². The van der Waals surface area contributed by atoms with Gasteiger partial charge in [-0.15, -0.1) is 0 Å². The van der Waals surface area contributed by atoms with Gasteiger partial charge in [-0.2, -0.15) is 0 Å². The van der Waals surface area contributed by atoms with Gasteiger partial charge in [-0.1, -0.05) is 36.4 Å². The highest BCUT2D eigenvalue weighted by Crippen LogP contribution is 2.32. The van der Waals surface area contributed by atoms with Crippen LogP contribution in [0.4, 0.5) is 5.69 Å². The Morgan fingerprint density at radius 1 is 1.00 bits per heavy atom. The summed E-state index contributed by atoms with van der Waals surface area (Å²) in [4.78, 5) is 42.6.